The van der Waals surface area contributed by atoms with Crippen molar-refractivity contribution in [2.75, 3.05) is 14.2 Å². The van der Waals surface area contributed by atoms with Crippen LogP contribution in [0.15, 0.2) is 42.5 Å². The zero-order valence-electron chi connectivity index (χ0n) is 12.2. The van der Waals surface area contributed by atoms with Gasteiger partial charge in [-0.2, -0.15) is 0 Å². The van der Waals surface area contributed by atoms with E-state index >= 15 is 0 Å². The van der Waals surface area contributed by atoms with Gasteiger partial charge >= 0.3 is 5.97 Å². The largest absolute Gasteiger partial charge is 0.493 e. The van der Waals surface area contributed by atoms with Gasteiger partial charge in [0.15, 0.2) is 11.5 Å². The van der Waals surface area contributed by atoms with Gasteiger partial charge in [-0.1, -0.05) is 24.3 Å². The van der Waals surface area contributed by atoms with E-state index in [9.17, 15) is 14.3 Å². The fourth-order valence-corrected chi connectivity index (χ4v) is 2.02. The van der Waals surface area contributed by atoms with E-state index in [0.717, 1.165) is 0 Å². The number of aliphatic carboxylic acids is 1. The standard InChI is InChI=1S/C17H15FO4/c1-21-15-8-7-11(10-16(15)22-2)13(17(19)20)9-12-5-3-4-6-14(12)18/h3-10H,1-2H3,(H,19,20)/b13-9-. The van der Waals surface area contributed by atoms with Crippen LogP contribution in [0.4, 0.5) is 4.39 Å². The number of hydrogen-bond donors (Lipinski definition) is 1. The molecule has 0 atom stereocenters. The van der Waals surface area contributed by atoms with Crippen molar-refractivity contribution < 1.29 is 23.8 Å². The number of methoxy groups -OCH3 is 2. The minimum Gasteiger partial charge on any atom is -0.493 e. The molecule has 0 radical (unpaired) electrons. The Balaban J connectivity index is 2.54. The second-order valence-corrected chi connectivity index (χ2v) is 4.45. The number of carbonyl (C=O) groups is 1. The quantitative estimate of drug-likeness (QED) is 0.679. The third kappa shape index (κ3) is 3.25. The number of hydrogen-bond acceptors (Lipinski definition) is 3. The maximum Gasteiger partial charge on any atom is 0.336 e. The zero-order chi connectivity index (χ0) is 16.1. The van der Waals surface area contributed by atoms with Crippen LogP contribution < -0.4 is 9.47 Å². The number of rotatable bonds is 5. The van der Waals surface area contributed by atoms with Crippen LogP contribution in [-0.2, 0) is 4.79 Å². The lowest BCUT2D eigenvalue weighted by Gasteiger charge is -2.10. The van der Waals surface area contributed by atoms with Gasteiger partial charge in [-0.3, -0.25) is 0 Å². The minimum atomic E-state index is -1.16. The van der Waals surface area contributed by atoms with E-state index in [2.05, 4.69) is 0 Å². The van der Waals surface area contributed by atoms with Crippen molar-refractivity contribution in [1.29, 1.82) is 0 Å². The lowest BCUT2D eigenvalue weighted by molar-refractivity contribution is -0.130. The molecule has 5 heteroatoms. The van der Waals surface area contributed by atoms with Crippen molar-refractivity contribution in [3.63, 3.8) is 0 Å². The van der Waals surface area contributed by atoms with Crippen LogP contribution in [0, 0.1) is 5.82 Å². The summed E-state index contributed by atoms with van der Waals surface area (Å²) in [7, 11) is 2.95. The number of carboxylic acid groups (broad SMARTS) is 1. The van der Waals surface area contributed by atoms with Crippen molar-refractivity contribution in [1.82, 2.24) is 0 Å². The molecule has 114 valence electrons. The molecule has 0 saturated heterocycles. The first kappa shape index (κ1) is 15.6. The van der Waals surface area contributed by atoms with Gasteiger partial charge in [-0.15, -0.1) is 0 Å². The van der Waals surface area contributed by atoms with Crippen LogP contribution in [0.3, 0.4) is 0 Å². The van der Waals surface area contributed by atoms with Gasteiger partial charge in [0, 0.05) is 5.56 Å². The Morgan fingerprint density at radius 2 is 1.77 bits per heavy atom. The Hall–Kier alpha value is -2.82. The predicted molar refractivity (Wildman–Crippen MR) is 81.5 cm³/mol. The van der Waals surface area contributed by atoms with Crippen molar-refractivity contribution >= 4 is 17.6 Å². The highest BCUT2D eigenvalue weighted by Crippen LogP contribution is 2.31. The molecule has 0 amide bonds. The number of benzene rings is 2. The van der Waals surface area contributed by atoms with Gasteiger partial charge in [0.2, 0.25) is 0 Å². The van der Waals surface area contributed by atoms with E-state index < -0.39 is 11.8 Å². The first-order valence-electron chi connectivity index (χ1n) is 6.48. The Bertz CT molecular complexity index is 722. The van der Waals surface area contributed by atoms with E-state index in [4.69, 9.17) is 9.47 Å². The summed E-state index contributed by atoms with van der Waals surface area (Å²) >= 11 is 0. The summed E-state index contributed by atoms with van der Waals surface area (Å²) in [6.45, 7) is 0. The Labute approximate surface area is 127 Å². The molecule has 4 nitrogen and oxygen atoms in total. The molecule has 0 aromatic heterocycles. The molecule has 0 bridgehead atoms. The summed E-state index contributed by atoms with van der Waals surface area (Å²) in [4.78, 5) is 11.5. The monoisotopic (exact) mass is 302 g/mol. The first-order valence-corrected chi connectivity index (χ1v) is 6.48. The lowest BCUT2D eigenvalue weighted by atomic mass is 10.0. The molecule has 0 aliphatic rings. The summed E-state index contributed by atoms with van der Waals surface area (Å²) in [6, 6.07) is 10.7. The van der Waals surface area contributed by atoms with E-state index in [1.807, 2.05) is 0 Å². The zero-order valence-corrected chi connectivity index (χ0v) is 12.2. The molecule has 0 aliphatic heterocycles. The van der Waals surface area contributed by atoms with Gasteiger partial charge in [0.25, 0.3) is 0 Å². The third-order valence-corrected chi connectivity index (χ3v) is 3.13. The Kier molecular flexibility index (Phi) is 4.78. The Morgan fingerprint density at radius 3 is 2.36 bits per heavy atom. The van der Waals surface area contributed by atoms with Crippen molar-refractivity contribution in [2.24, 2.45) is 0 Å². The van der Waals surface area contributed by atoms with Crippen LogP contribution in [0.5, 0.6) is 11.5 Å². The highest BCUT2D eigenvalue weighted by atomic mass is 19.1. The first-order chi connectivity index (χ1) is 10.6. The number of carboxylic acids is 1. The molecule has 2 aromatic rings. The Morgan fingerprint density at radius 1 is 1.09 bits per heavy atom. The van der Waals surface area contributed by atoms with Crippen molar-refractivity contribution in [3.05, 3.63) is 59.4 Å². The van der Waals surface area contributed by atoms with Crippen LogP contribution in [0.2, 0.25) is 0 Å². The van der Waals surface area contributed by atoms with Crippen molar-refractivity contribution in [3.8, 4) is 11.5 Å². The topological polar surface area (TPSA) is 55.8 Å². The smallest absolute Gasteiger partial charge is 0.336 e. The molecule has 1 N–H and O–H groups in total. The molecule has 0 saturated carbocycles. The third-order valence-electron chi connectivity index (χ3n) is 3.13. The average molecular weight is 302 g/mol. The predicted octanol–water partition coefficient (Wildman–Crippen LogP) is 3.47. The van der Waals surface area contributed by atoms with Crippen LogP contribution in [0.25, 0.3) is 11.6 Å². The maximum atomic E-state index is 13.7. The molecule has 22 heavy (non-hydrogen) atoms. The van der Waals surface area contributed by atoms with E-state index in [-0.39, 0.29) is 11.1 Å². The summed E-state index contributed by atoms with van der Waals surface area (Å²) in [6.07, 6.45) is 1.29. The summed E-state index contributed by atoms with van der Waals surface area (Å²) in [5.41, 5.74) is 0.564. The van der Waals surface area contributed by atoms with Gasteiger partial charge in [-0.25, -0.2) is 9.18 Å². The van der Waals surface area contributed by atoms with Gasteiger partial charge in [0.1, 0.15) is 5.82 Å². The van der Waals surface area contributed by atoms with E-state index in [0.29, 0.717) is 17.1 Å². The fraction of sp³-hybridized carbons (Fsp3) is 0.118. The normalized spacial score (nSPS) is 11.1. The van der Waals surface area contributed by atoms with Crippen LogP contribution in [-0.4, -0.2) is 25.3 Å². The van der Waals surface area contributed by atoms with Crippen LogP contribution in [0.1, 0.15) is 11.1 Å². The average Bonchev–Trinajstić information content (AvgIpc) is 2.53. The summed E-state index contributed by atoms with van der Waals surface area (Å²) < 4.78 is 24.0. The molecular formula is C17H15FO4. The minimum absolute atomic E-state index is 0.0361. The second kappa shape index (κ2) is 6.76. The van der Waals surface area contributed by atoms with Crippen molar-refractivity contribution in [2.45, 2.75) is 0 Å². The highest BCUT2D eigenvalue weighted by molar-refractivity contribution is 6.20. The number of halogens is 1. The van der Waals surface area contributed by atoms with E-state index in [1.165, 1.54) is 32.4 Å². The maximum absolute atomic E-state index is 13.7. The van der Waals surface area contributed by atoms with Crippen LogP contribution >= 0.6 is 0 Å². The highest BCUT2D eigenvalue weighted by Gasteiger charge is 2.14. The lowest BCUT2D eigenvalue weighted by Crippen LogP contribution is -2.01. The molecule has 2 rings (SSSR count). The SMILES string of the molecule is COc1ccc(/C(=C/c2ccccc2F)C(=O)O)cc1OC. The molecule has 0 unspecified atom stereocenters. The van der Waals surface area contributed by atoms with Gasteiger partial charge in [-0.05, 0) is 29.8 Å². The molecule has 0 heterocycles. The van der Waals surface area contributed by atoms with E-state index in [1.54, 1.807) is 30.3 Å². The molecule has 0 spiro atoms. The summed E-state index contributed by atoms with van der Waals surface area (Å²) in [5, 5.41) is 9.41. The fourth-order valence-electron chi connectivity index (χ4n) is 2.02. The molecule has 0 aliphatic carbocycles. The molecule has 0 fully saturated rings. The van der Waals surface area contributed by atoms with Gasteiger partial charge < -0.3 is 14.6 Å². The number of ether oxygens (including phenoxy) is 2. The molecular weight excluding hydrogens is 287 g/mol. The summed E-state index contributed by atoms with van der Waals surface area (Å²) in [5.74, 6) is -0.750. The second-order valence-electron chi connectivity index (χ2n) is 4.45. The molecule has 2 aromatic carbocycles. The van der Waals surface area contributed by atoms with Gasteiger partial charge in [0.05, 0.1) is 19.8 Å².